The van der Waals surface area contributed by atoms with E-state index in [2.05, 4.69) is 10.3 Å². The Hall–Kier alpha value is -1.03. The van der Waals surface area contributed by atoms with Crippen molar-refractivity contribution in [2.45, 2.75) is 0 Å². The van der Waals surface area contributed by atoms with Crippen molar-refractivity contribution in [1.82, 2.24) is 5.32 Å². The molecular weight excluding hydrogens is 104 g/mol. The first kappa shape index (κ1) is 5.11. The van der Waals surface area contributed by atoms with Gasteiger partial charge in [-0.3, -0.25) is 5.73 Å². The summed E-state index contributed by atoms with van der Waals surface area (Å²) in [6, 6.07) is 0. The summed E-state index contributed by atoms with van der Waals surface area (Å²) in [5.74, 6) is 0.432. The van der Waals surface area contributed by atoms with Crippen LogP contribution in [0.3, 0.4) is 0 Å². The standard InChI is InChI=1S/C4H7N4/c5-3-1-2-7-4(6)8-3/h1-2,7H,6H2,(H2,5,8). The molecule has 0 saturated heterocycles. The van der Waals surface area contributed by atoms with Crippen LogP contribution in [0.25, 0.3) is 0 Å². The first-order valence-corrected chi connectivity index (χ1v) is 2.19. The smallest absolute Gasteiger partial charge is 0.243 e. The molecule has 0 aliphatic carbocycles. The molecule has 4 heteroatoms. The molecule has 0 atom stereocenters. The van der Waals surface area contributed by atoms with Crippen LogP contribution in [0.15, 0.2) is 17.3 Å². The lowest BCUT2D eigenvalue weighted by Crippen LogP contribution is -2.29. The molecule has 4 nitrogen and oxygen atoms in total. The van der Waals surface area contributed by atoms with Gasteiger partial charge in [-0.15, -0.1) is 0 Å². The van der Waals surface area contributed by atoms with Crippen LogP contribution in [-0.2, 0) is 0 Å². The number of amidine groups is 1. The molecule has 43 valence electrons. The van der Waals surface area contributed by atoms with Gasteiger partial charge in [0.2, 0.25) is 6.29 Å². The summed E-state index contributed by atoms with van der Waals surface area (Å²) in [6.45, 7) is 0. The van der Waals surface area contributed by atoms with E-state index in [-0.39, 0.29) is 0 Å². The fraction of sp³-hybridized carbons (Fsp3) is 0. The van der Waals surface area contributed by atoms with Gasteiger partial charge in [0.15, 0.2) is 0 Å². The summed E-state index contributed by atoms with van der Waals surface area (Å²) in [5.41, 5.74) is 10.5. The molecule has 0 amide bonds. The molecule has 8 heavy (non-hydrogen) atoms. The summed E-state index contributed by atoms with van der Waals surface area (Å²) < 4.78 is 0. The Morgan fingerprint density at radius 1 is 1.50 bits per heavy atom. The van der Waals surface area contributed by atoms with Crippen LogP contribution < -0.4 is 16.8 Å². The van der Waals surface area contributed by atoms with Crippen molar-refractivity contribution in [3.8, 4) is 0 Å². The van der Waals surface area contributed by atoms with Gasteiger partial charge in [-0.25, -0.2) is 4.99 Å². The van der Waals surface area contributed by atoms with Gasteiger partial charge in [0.25, 0.3) is 0 Å². The second kappa shape index (κ2) is 1.83. The largest absolute Gasteiger partial charge is 0.384 e. The molecule has 1 aliphatic rings. The van der Waals surface area contributed by atoms with Crippen molar-refractivity contribution in [3.05, 3.63) is 18.6 Å². The number of nitrogens with zero attached hydrogens (tertiary/aromatic N) is 1. The quantitative estimate of drug-likeness (QED) is 0.370. The highest BCUT2D eigenvalue weighted by molar-refractivity contribution is 5.92. The van der Waals surface area contributed by atoms with Crippen LogP contribution in [0.4, 0.5) is 0 Å². The third-order valence-corrected chi connectivity index (χ3v) is 0.735. The van der Waals surface area contributed by atoms with Crippen molar-refractivity contribution in [1.29, 1.82) is 0 Å². The average Bonchev–Trinajstić information content (AvgIpc) is 1.64. The summed E-state index contributed by atoms with van der Waals surface area (Å²) >= 11 is 0. The van der Waals surface area contributed by atoms with Crippen LogP contribution in [0.5, 0.6) is 0 Å². The highest BCUT2D eigenvalue weighted by Crippen LogP contribution is 1.91. The van der Waals surface area contributed by atoms with E-state index in [4.69, 9.17) is 11.5 Å². The molecule has 1 heterocycles. The fourth-order valence-corrected chi connectivity index (χ4v) is 0.421. The van der Waals surface area contributed by atoms with E-state index in [9.17, 15) is 0 Å². The lowest BCUT2D eigenvalue weighted by Gasteiger charge is -2.08. The monoisotopic (exact) mass is 111 g/mol. The van der Waals surface area contributed by atoms with Crippen molar-refractivity contribution >= 4 is 5.84 Å². The molecule has 1 aliphatic heterocycles. The van der Waals surface area contributed by atoms with Gasteiger partial charge in [-0.1, -0.05) is 0 Å². The van der Waals surface area contributed by atoms with Crippen LogP contribution >= 0.6 is 0 Å². The Kier molecular flexibility index (Phi) is 1.17. The van der Waals surface area contributed by atoms with Crippen LogP contribution in [-0.4, -0.2) is 5.84 Å². The Bertz CT molecular complexity index is 137. The second-order valence-electron chi connectivity index (χ2n) is 1.40. The fourth-order valence-electron chi connectivity index (χ4n) is 0.421. The van der Waals surface area contributed by atoms with Crippen LogP contribution in [0.1, 0.15) is 0 Å². The Labute approximate surface area is 47.3 Å². The molecular formula is C4H7N4. The minimum atomic E-state index is 0.338. The molecule has 0 bridgehead atoms. The molecule has 0 unspecified atom stereocenters. The molecule has 0 aromatic carbocycles. The highest BCUT2D eigenvalue weighted by atomic mass is 15.2. The summed E-state index contributed by atoms with van der Waals surface area (Å²) in [6.07, 6.45) is 3.61. The molecule has 0 spiro atoms. The molecule has 5 N–H and O–H groups in total. The summed E-state index contributed by atoms with van der Waals surface area (Å²) in [5, 5.41) is 2.66. The SMILES string of the molecule is N[C]1N=C(N)C=CN1. The van der Waals surface area contributed by atoms with E-state index in [1.165, 1.54) is 0 Å². The topological polar surface area (TPSA) is 76.4 Å². The van der Waals surface area contributed by atoms with Gasteiger partial charge < -0.3 is 11.1 Å². The number of rotatable bonds is 0. The Balaban J connectivity index is 2.63. The van der Waals surface area contributed by atoms with Gasteiger partial charge in [-0.2, -0.15) is 0 Å². The van der Waals surface area contributed by atoms with Crippen molar-refractivity contribution in [2.75, 3.05) is 0 Å². The average molecular weight is 111 g/mol. The van der Waals surface area contributed by atoms with Crippen molar-refractivity contribution < 1.29 is 0 Å². The van der Waals surface area contributed by atoms with Crippen molar-refractivity contribution in [2.24, 2.45) is 16.5 Å². The number of hydrogen-bond acceptors (Lipinski definition) is 4. The minimum Gasteiger partial charge on any atom is -0.384 e. The van der Waals surface area contributed by atoms with Crippen molar-refractivity contribution in [3.63, 3.8) is 0 Å². The van der Waals surface area contributed by atoms with Crippen LogP contribution in [0, 0.1) is 6.29 Å². The minimum absolute atomic E-state index is 0.338. The van der Waals surface area contributed by atoms with Gasteiger partial charge in [0, 0.05) is 6.20 Å². The van der Waals surface area contributed by atoms with E-state index in [1.807, 2.05) is 0 Å². The van der Waals surface area contributed by atoms with E-state index in [0.29, 0.717) is 12.1 Å². The zero-order valence-corrected chi connectivity index (χ0v) is 4.26. The third-order valence-electron chi connectivity index (χ3n) is 0.735. The summed E-state index contributed by atoms with van der Waals surface area (Å²) in [4.78, 5) is 3.67. The predicted octanol–water partition coefficient (Wildman–Crippen LogP) is -1.13. The van der Waals surface area contributed by atoms with Gasteiger partial charge in [0.05, 0.1) is 0 Å². The first-order chi connectivity index (χ1) is 3.79. The lowest BCUT2D eigenvalue weighted by molar-refractivity contribution is 0.807. The van der Waals surface area contributed by atoms with E-state index in [0.717, 1.165) is 0 Å². The number of aliphatic imine (C=N–C) groups is 1. The lowest BCUT2D eigenvalue weighted by atomic mass is 10.5. The zero-order valence-electron chi connectivity index (χ0n) is 4.26. The normalized spacial score (nSPS) is 19.9. The van der Waals surface area contributed by atoms with Gasteiger partial charge >= 0.3 is 0 Å². The molecule has 1 rings (SSSR count). The van der Waals surface area contributed by atoms with Gasteiger partial charge in [0.1, 0.15) is 5.84 Å². The molecule has 1 radical (unpaired) electrons. The highest BCUT2D eigenvalue weighted by Gasteiger charge is 2.00. The van der Waals surface area contributed by atoms with E-state index < -0.39 is 0 Å². The number of hydrogen-bond donors (Lipinski definition) is 3. The zero-order chi connectivity index (χ0) is 5.98. The third kappa shape index (κ3) is 0.974. The molecule has 0 aromatic heterocycles. The van der Waals surface area contributed by atoms with E-state index >= 15 is 0 Å². The maximum absolute atomic E-state index is 5.25. The second-order valence-corrected chi connectivity index (χ2v) is 1.40. The maximum atomic E-state index is 5.25. The molecule has 0 saturated carbocycles. The molecule has 0 aromatic rings. The number of nitrogens with one attached hydrogen (secondary N) is 1. The first-order valence-electron chi connectivity index (χ1n) is 2.19. The maximum Gasteiger partial charge on any atom is 0.243 e. The Morgan fingerprint density at radius 3 is 2.62 bits per heavy atom. The van der Waals surface area contributed by atoms with Gasteiger partial charge in [-0.05, 0) is 6.08 Å². The Morgan fingerprint density at radius 2 is 2.25 bits per heavy atom. The molecule has 0 fully saturated rings. The summed E-state index contributed by atoms with van der Waals surface area (Å²) in [7, 11) is 0. The number of nitrogens with two attached hydrogens (primary N) is 2. The van der Waals surface area contributed by atoms with Crippen LogP contribution in [0.2, 0.25) is 0 Å². The van der Waals surface area contributed by atoms with E-state index in [1.54, 1.807) is 12.3 Å². The predicted molar refractivity (Wildman–Crippen MR) is 31.3 cm³/mol.